The molecule has 0 heterocycles. The van der Waals surface area contributed by atoms with Gasteiger partial charge in [-0.3, -0.25) is 10.1 Å². The number of carboxylic acids is 1. The van der Waals surface area contributed by atoms with E-state index in [-0.39, 0.29) is 12.5 Å². The fourth-order valence-corrected chi connectivity index (χ4v) is 1.98. The van der Waals surface area contributed by atoms with Crippen molar-refractivity contribution < 1.29 is 33.8 Å². The van der Waals surface area contributed by atoms with Crippen molar-refractivity contribution in [2.24, 2.45) is 4.99 Å². The number of hydrogen-bond acceptors (Lipinski definition) is 6. The molecule has 0 aromatic heterocycles. The van der Waals surface area contributed by atoms with Gasteiger partial charge in [0.25, 0.3) is 0 Å². The van der Waals surface area contributed by atoms with E-state index in [0.29, 0.717) is 19.4 Å². The van der Waals surface area contributed by atoms with Crippen molar-refractivity contribution >= 4 is 30.0 Å². The fraction of sp³-hybridized carbons (Fsp3) is 0.737. The minimum absolute atomic E-state index is 0.0766. The van der Waals surface area contributed by atoms with Gasteiger partial charge >= 0.3 is 24.1 Å². The maximum atomic E-state index is 12.0. The van der Waals surface area contributed by atoms with Crippen LogP contribution in [0.25, 0.3) is 0 Å². The minimum Gasteiger partial charge on any atom is -0.474 e. The Morgan fingerprint density at radius 2 is 1.30 bits per heavy atom. The van der Waals surface area contributed by atoms with Gasteiger partial charge in [0.2, 0.25) is 5.96 Å². The van der Waals surface area contributed by atoms with Crippen LogP contribution in [-0.2, 0) is 19.1 Å². The Bertz CT molecular complexity index is 634. The summed E-state index contributed by atoms with van der Waals surface area (Å²) < 4.78 is 10.3. The first kappa shape index (κ1) is 27.1. The van der Waals surface area contributed by atoms with Crippen LogP contribution < -0.4 is 16.0 Å². The van der Waals surface area contributed by atoms with Crippen molar-refractivity contribution in [3.63, 3.8) is 0 Å². The van der Waals surface area contributed by atoms with Crippen LogP contribution in [-0.4, -0.2) is 59.4 Å². The zero-order valence-corrected chi connectivity index (χ0v) is 18.6. The number of aliphatic carboxylic acids is 1. The molecule has 0 aliphatic carbocycles. The second-order valence-corrected chi connectivity index (χ2v) is 8.47. The zero-order chi connectivity index (χ0) is 23.4. The quantitative estimate of drug-likeness (QED) is 0.207. The minimum atomic E-state index is -1.51. The number of carbonyl (C=O) groups is 4. The predicted octanol–water partition coefficient (Wildman–Crippen LogP) is 2.15. The number of carboxylic acid groups (broad SMARTS) is 1. The average molecular weight is 431 g/mol. The summed E-state index contributed by atoms with van der Waals surface area (Å²) in [6, 6.07) is 0. The SMILES string of the molecule is CC(C)(C)OC(=O)/N=C(/NCCCCCCNC(=O)C(=O)O)NC(=O)OC(C)(C)C. The summed E-state index contributed by atoms with van der Waals surface area (Å²) in [6.07, 6.45) is 1.26. The summed E-state index contributed by atoms with van der Waals surface area (Å²) in [5, 5.41) is 16.0. The lowest BCUT2D eigenvalue weighted by Crippen LogP contribution is -2.44. The highest BCUT2D eigenvalue weighted by atomic mass is 16.6. The second-order valence-electron chi connectivity index (χ2n) is 8.47. The highest BCUT2D eigenvalue weighted by molar-refractivity contribution is 6.31. The molecule has 0 aromatic carbocycles. The Kier molecular flexibility index (Phi) is 11.5. The van der Waals surface area contributed by atoms with Gasteiger partial charge in [-0.15, -0.1) is 4.99 Å². The summed E-state index contributed by atoms with van der Waals surface area (Å²) in [7, 11) is 0. The molecule has 0 unspecified atom stereocenters. The molecular weight excluding hydrogens is 396 g/mol. The Labute approximate surface area is 177 Å². The number of amides is 3. The van der Waals surface area contributed by atoms with E-state index < -0.39 is 35.3 Å². The van der Waals surface area contributed by atoms with Gasteiger partial charge in [-0.25, -0.2) is 14.4 Å². The normalized spacial score (nSPS) is 12.0. The van der Waals surface area contributed by atoms with Crippen LogP contribution in [0.4, 0.5) is 9.59 Å². The summed E-state index contributed by atoms with van der Waals surface area (Å²) in [4.78, 5) is 48.9. The Hall–Kier alpha value is -2.85. The summed E-state index contributed by atoms with van der Waals surface area (Å²) >= 11 is 0. The third-order valence-electron chi connectivity index (χ3n) is 3.09. The van der Waals surface area contributed by atoms with Crippen LogP contribution in [0.5, 0.6) is 0 Å². The largest absolute Gasteiger partial charge is 0.474 e. The van der Waals surface area contributed by atoms with E-state index in [1.807, 2.05) is 0 Å². The topological polar surface area (TPSA) is 155 Å². The van der Waals surface area contributed by atoms with E-state index in [1.54, 1.807) is 41.5 Å². The molecule has 0 aliphatic heterocycles. The third kappa shape index (κ3) is 16.1. The van der Waals surface area contributed by atoms with Crippen molar-refractivity contribution in [3.05, 3.63) is 0 Å². The molecule has 11 heteroatoms. The van der Waals surface area contributed by atoms with Crippen LogP contribution in [0, 0.1) is 0 Å². The standard InChI is InChI=1S/C19H34N4O7/c1-18(2,3)29-16(27)22-15(23-17(28)30-19(4,5)6)21-12-10-8-7-9-11-20-13(24)14(25)26/h7-12H2,1-6H3,(H,20,24)(H,25,26)(H2,21,22,23,27,28). The molecule has 0 spiro atoms. The van der Waals surface area contributed by atoms with Crippen LogP contribution in [0.1, 0.15) is 67.2 Å². The number of nitrogens with zero attached hydrogens (tertiary/aromatic N) is 1. The third-order valence-corrected chi connectivity index (χ3v) is 3.09. The summed E-state index contributed by atoms with van der Waals surface area (Å²) in [5.74, 6) is -2.60. The van der Waals surface area contributed by atoms with Gasteiger partial charge in [0.15, 0.2) is 0 Å². The van der Waals surface area contributed by atoms with E-state index in [9.17, 15) is 19.2 Å². The van der Waals surface area contributed by atoms with E-state index in [1.165, 1.54) is 0 Å². The average Bonchev–Trinajstić information content (AvgIpc) is 2.52. The van der Waals surface area contributed by atoms with Gasteiger partial charge in [-0.2, -0.15) is 0 Å². The van der Waals surface area contributed by atoms with Crippen molar-refractivity contribution in [2.45, 2.75) is 78.4 Å². The number of rotatable bonds is 7. The number of hydrogen-bond donors (Lipinski definition) is 4. The molecule has 0 aliphatic rings. The van der Waals surface area contributed by atoms with Gasteiger partial charge in [0, 0.05) is 13.1 Å². The van der Waals surface area contributed by atoms with Crippen LogP contribution in [0.2, 0.25) is 0 Å². The van der Waals surface area contributed by atoms with Gasteiger partial charge in [0.05, 0.1) is 0 Å². The maximum absolute atomic E-state index is 12.0. The summed E-state index contributed by atoms with van der Waals surface area (Å²) in [6.45, 7) is 10.9. The van der Waals surface area contributed by atoms with Gasteiger partial charge in [-0.05, 0) is 54.4 Å². The molecule has 3 amide bonds. The first-order valence-corrected chi connectivity index (χ1v) is 9.76. The van der Waals surface area contributed by atoms with Crippen molar-refractivity contribution in [3.8, 4) is 0 Å². The molecule has 0 atom stereocenters. The molecule has 4 N–H and O–H groups in total. The highest BCUT2D eigenvalue weighted by Gasteiger charge is 2.20. The zero-order valence-electron chi connectivity index (χ0n) is 18.6. The molecule has 0 bridgehead atoms. The fourth-order valence-electron chi connectivity index (χ4n) is 1.98. The Morgan fingerprint density at radius 1 is 0.800 bits per heavy atom. The molecule has 0 radical (unpaired) electrons. The van der Waals surface area contributed by atoms with Gasteiger partial charge in [-0.1, -0.05) is 12.8 Å². The lowest BCUT2D eigenvalue weighted by atomic mass is 10.2. The highest BCUT2D eigenvalue weighted by Crippen LogP contribution is 2.08. The monoisotopic (exact) mass is 430 g/mol. The van der Waals surface area contributed by atoms with Crippen molar-refractivity contribution in [1.82, 2.24) is 16.0 Å². The van der Waals surface area contributed by atoms with E-state index in [2.05, 4.69) is 20.9 Å². The molecule has 30 heavy (non-hydrogen) atoms. The molecule has 11 nitrogen and oxygen atoms in total. The summed E-state index contributed by atoms with van der Waals surface area (Å²) in [5.41, 5.74) is -1.44. The Morgan fingerprint density at radius 3 is 1.77 bits per heavy atom. The molecule has 0 aromatic rings. The number of nitrogens with one attached hydrogen (secondary N) is 3. The van der Waals surface area contributed by atoms with E-state index in [4.69, 9.17) is 14.6 Å². The molecule has 0 saturated carbocycles. The van der Waals surface area contributed by atoms with E-state index >= 15 is 0 Å². The van der Waals surface area contributed by atoms with Crippen molar-refractivity contribution in [1.29, 1.82) is 0 Å². The smallest absolute Gasteiger partial charge is 0.437 e. The maximum Gasteiger partial charge on any atom is 0.437 e. The lowest BCUT2D eigenvalue weighted by Gasteiger charge is -2.21. The number of aliphatic imine (C=N–C) groups is 1. The first-order chi connectivity index (χ1) is 13.7. The van der Waals surface area contributed by atoms with Gasteiger partial charge < -0.3 is 25.2 Å². The predicted molar refractivity (Wildman–Crippen MR) is 110 cm³/mol. The number of guanidine groups is 1. The first-order valence-electron chi connectivity index (χ1n) is 9.76. The number of carbonyl (C=O) groups excluding carboxylic acids is 3. The van der Waals surface area contributed by atoms with Crippen molar-refractivity contribution in [2.75, 3.05) is 13.1 Å². The number of unbranched alkanes of at least 4 members (excludes halogenated alkanes) is 3. The van der Waals surface area contributed by atoms with E-state index in [0.717, 1.165) is 12.8 Å². The lowest BCUT2D eigenvalue weighted by molar-refractivity contribution is -0.150. The molecule has 0 saturated heterocycles. The van der Waals surface area contributed by atoms with Crippen LogP contribution in [0.15, 0.2) is 4.99 Å². The second kappa shape index (κ2) is 12.7. The van der Waals surface area contributed by atoms with Crippen LogP contribution >= 0.6 is 0 Å². The number of alkyl carbamates (subject to hydrolysis) is 1. The van der Waals surface area contributed by atoms with Crippen LogP contribution in [0.3, 0.4) is 0 Å². The molecule has 0 rings (SSSR count). The molecular formula is C19H34N4O7. The molecule has 172 valence electrons. The van der Waals surface area contributed by atoms with Gasteiger partial charge in [0.1, 0.15) is 11.2 Å². The molecule has 0 fully saturated rings. The number of ether oxygens (including phenoxy) is 2. The Balaban J connectivity index is 4.50.